The second-order valence-electron chi connectivity index (χ2n) is 4.79. The van der Waals surface area contributed by atoms with Gasteiger partial charge in [-0.25, -0.2) is 9.97 Å². The molecule has 98 valence electrons. The summed E-state index contributed by atoms with van der Waals surface area (Å²) in [6.07, 6.45) is 5.87. The van der Waals surface area contributed by atoms with Crippen molar-refractivity contribution in [2.24, 2.45) is 18.7 Å². The number of fused-ring (bicyclic) bond motifs is 1. The fourth-order valence-electron chi connectivity index (χ4n) is 1.97. The van der Waals surface area contributed by atoms with Gasteiger partial charge < -0.3 is 15.6 Å². The Bertz CT molecular complexity index is 505. The molecule has 2 aromatic rings. The van der Waals surface area contributed by atoms with Gasteiger partial charge in [0.15, 0.2) is 5.82 Å². The van der Waals surface area contributed by atoms with E-state index in [9.17, 15) is 0 Å². The van der Waals surface area contributed by atoms with E-state index in [2.05, 4.69) is 22.2 Å². The van der Waals surface area contributed by atoms with Crippen molar-refractivity contribution >= 4 is 16.9 Å². The average molecular weight is 247 g/mol. The smallest absolute Gasteiger partial charge is 0.154 e. The first-order chi connectivity index (χ1) is 8.72. The van der Waals surface area contributed by atoms with Crippen molar-refractivity contribution in [2.45, 2.75) is 19.8 Å². The standard InChI is InChI=1S/C13H21N5/c1-10(8-14)4-3-6-15-13-12-11(5-7-16-13)18(2)9-17-12/h5,7,9-10H,3-4,6,8,14H2,1-2H3,(H,15,16). The van der Waals surface area contributed by atoms with Crippen LogP contribution < -0.4 is 11.1 Å². The highest BCUT2D eigenvalue weighted by Gasteiger charge is 2.06. The third kappa shape index (κ3) is 2.79. The van der Waals surface area contributed by atoms with Gasteiger partial charge in [0.05, 0.1) is 11.8 Å². The summed E-state index contributed by atoms with van der Waals surface area (Å²) >= 11 is 0. The lowest BCUT2D eigenvalue weighted by Crippen LogP contribution is -2.12. The van der Waals surface area contributed by atoms with Gasteiger partial charge in [0, 0.05) is 19.8 Å². The van der Waals surface area contributed by atoms with Crippen molar-refractivity contribution in [1.29, 1.82) is 0 Å². The van der Waals surface area contributed by atoms with E-state index in [1.165, 1.54) is 0 Å². The zero-order chi connectivity index (χ0) is 13.0. The van der Waals surface area contributed by atoms with Crippen LogP contribution in [0.4, 0.5) is 5.82 Å². The van der Waals surface area contributed by atoms with Crippen LogP contribution in [-0.2, 0) is 7.05 Å². The van der Waals surface area contributed by atoms with Crippen molar-refractivity contribution in [2.75, 3.05) is 18.4 Å². The zero-order valence-corrected chi connectivity index (χ0v) is 11.1. The molecule has 0 fully saturated rings. The Morgan fingerprint density at radius 3 is 3.06 bits per heavy atom. The molecule has 1 atom stereocenters. The first-order valence-electron chi connectivity index (χ1n) is 6.42. The molecule has 0 amide bonds. The van der Waals surface area contributed by atoms with E-state index in [1.54, 1.807) is 0 Å². The summed E-state index contributed by atoms with van der Waals surface area (Å²) in [5.74, 6) is 1.46. The van der Waals surface area contributed by atoms with Crippen LogP contribution in [0.25, 0.3) is 11.0 Å². The van der Waals surface area contributed by atoms with Crippen LogP contribution in [-0.4, -0.2) is 27.6 Å². The molecule has 5 nitrogen and oxygen atoms in total. The van der Waals surface area contributed by atoms with Crippen LogP contribution in [0.1, 0.15) is 19.8 Å². The summed E-state index contributed by atoms with van der Waals surface area (Å²) in [6, 6.07) is 1.98. The van der Waals surface area contributed by atoms with Gasteiger partial charge in [0.2, 0.25) is 0 Å². The number of aromatic nitrogens is 3. The quantitative estimate of drug-likeness (QED) is 0.763. The Morgan fingerprint density at radius 2 is 2.28 bits per heavy atom. The number of rotatable bonds is 6. The summed E-state index contributed by atoms with van der Waals surface area (Å²) in [4.78, 5) is 8.71. The molecule has 1 unspecified atom stereocenters. The van der Waals surface area contributed by atoms with Crippen molar-refractivity contribution in [3.63, 3.8) is 0 Å². The minimum atomic E-state index is 0.588. The van der Waals surface area contributed by atoms with E-state index in [0.29, 0.717) is 5.92 Å². The average Bonchev–Trinajstić information content (AvgIpc) is 2.77. The van der Waals surface area contributed by atoms with Gasteiger partial charge in [-0.15, -0.1) is 0 Å². The normalized spacial score (nSPS) is 12.8. The largest absolute Gasteiger partial charge is 0.368 e. The van der Waals surface area contributed by atoms with Crippen LogP contribution >= 0.6 is 0 Å². The number of hydrogen-bond donors (Lipinski definition) is 2. The number of anilines is 1. The van der Waals surface area contributed by atoms with Crippen LogP contribution in [0.2, 0.25) is 0 Å². The second kappa shape index (κ2) is 5.82. The predicted octanol–water partition coefficient (Wildman–Crippen LogP) is 1.76. The van der Waals surface area contributed by atoms with Crippen LogP contribution in [0.3, 0.4) is 0 Å². The fourth-order valence-corrected chi connectivity index (χ4v) is 1.97. The second-order valence-corrected chi connectivity index (χ2v) is 4.79. The molecule has 0 radical (unpaired) electrons. The number of nitrogens with two attached hydrogens (primary N) is 1. The lowest BCUT2D eigenvalue weighted by molar-refractivity contribution is 0.529. The summed E-state index contributed by atoms with van der Waals surface area (Å²) in [5.41, 5.74) is 7.63. The van der Waals surface area contributed by atoms with Gasteiger partial charge in [0.25, 0.3) is 0 Å². The summed E-state index contributed by atoms with van der Waals surface area (Å²) in [6.45, 7) is 3.85. The monoisotopic (exact) mass is 247 g/mol. The maximum atomic E-state index is 5.60. The van der Waals surface area contributed by atoms with Gasteiger partial charge in [-0.2, -0.15) is 0 Å². The molecule has 0 aliphatic carbocycles. The Labute approximate surface area is 107 Å². The minimum Gasteiger partial charge on any atom is -0.368 e. The number of aryl methyl sites for hydroxylation is 1. The lowest BCUT2D eigenvalue weighted by atomic mass is 10.1. The van der Waals surface area contributed by atoms with E-state index in [0.717, 1.165) is 42.8 Å². The molecule has 2 rings (SSSR count). The van der Waals surface area contributed by atoms with E-state index in [1.807, 2.05) is 30.2 Å². The van der Waals surface area contributed by atoms with Gasteiger partial charge in [-0.1, -0.05) is 6.92 Å². The minimum absolute atomic E-state index is 0.588. The highest BCUT2D eigenvalue weighted by molar-refractivity contribution is 5.85. The number of nitrogens with one attached hydrogen (secondary N) is 1. The summed E-state index contributed by atoms with van der Waals surface area (Å²) < 4.78 is 2.00. The van der Waals surface area contributed by atoms with Gasteiger partial charge in [0.1, 0.15) is 5.52 Å². The molecule has 2 heterocycles. The van der Waals surface area contributed by atoms with Crippen LogP contribution in [0.5, 0.6) is 0 Å². The molecule has 0 saturated carbocycles. The maximum absolute atomic E-state index is 5.60. The molecule has 5 heteroatoms. The molecule has 0 aliphatic heterocycles. The fraction of sp³-hybridized carbons (Fsp3) is 0.538. The topological polar surface area (TPSA) is 68.8 Å². The van der Waals surface area contributed by atoms with Crippen molar-refractivity contribution in [1.82, 2.24) is 14.5 Å². The molecule has 2 aromatic heterocycles. The van der Waals surface area contributed by atoms with Gasteiger partial charge in [-0.3, -0.25) is 0 Å². The van der Waals surface area contributed by atoms with Crippen LogP contribution in [0.15, 0.2) is 18.6 Å². The first-order valence-corrected chi connectivity index (χ1v) is 6.42. The maximum Gasteiger partial charge on any atom is 0.154 e. The van der Waals surface area contributed by atoms with E-state index < -0.39 is 0 Å². The third-order valence-electron chi connectivity index (χ3n) is 3.21. The van der Waals surface area contributed by atoms with Gasteiger partial charge in [-0.05, 0) is 31.4 Å². The molecule has 0 bridgehead atoms. The Morgan fingerprint density at radius 1 is 1.44 bits per heavy atom. The predicted molar refractivity (Wildman–Crippen MR) is 74.5 cm³/mol. The highest BCUT2D eigenvalue weighted by atomic mass is 15.1. The Kier molecular flexibility index (Phi) is 4.15. The molecule has 0 aliphatic rings. The first kappa shape index (κ1) is 12.8. The van der Waals surface area contributed by atoms with E-state index >= 15 is 0 Å². The summed E-state index contributed by atoms with van der Waals surface area (Å²) in [5, 5.41) is 3.35. The number of hydrogen-bond acceptors (Lipinski definition) is 4. The van der Waals surface area contributed by atoms with Gasteiger partial charge >= 0.3 is 0 Å². The third-order valence-corrected chi connectivity index (χ3v) is 3.21. The molecule has 3 N–H and O–H groups in total. The molecule has 0 spiro atoms. The molecular weight excluding hydrogens is 226 g/mol. The summed E-state index contributed by atoms with van der Waals surface area (Å²) in [7, 11) is 1.99. The van der Waals surface area contributed by atoms with Crippen molar-refractivity contribution in [3.8, 4) is 0 Å². The van der Waals surface area contributed by atoms with Crippen molar-refractivity contribution in [3.05, 3.63) is 18.6 Å². The van der Waals surface area contributed by atoms with E-state index in [-0.39, 0.29) is 0 Å². The molecular formula is C13H21N5. The Hall–Kier alpha value is -1.62. The molecule has 0 saturated heterocycles. The Balaban J connectivity index is 1.95. The number of nitrogens with zero attached hydrogens (tertiary/aromatic N) is 3. The number of imidazole rings is 1. The lowest BCUT2D eigenvalue weighted by Gasteiger charge is -2.09. The van der Waals surface area contributed by atoms with Crippen LogP contribution in [0, 0.1) is 5.92 Å². The highest BCUT2D eigenvalue weighted by Crippen LogP contribution is 2.18. The SMILES string of the molecule is CC(CN)CCCNc1nccc2c1ncn2C. The molecule has 0 aromatic carbocycles. The molecule has 18 heavy (non-hydrogen) atoms. The van der Waals surface area contributed by atoms with Crippen molar-refractivity contribution < 1.29 is 0 Å². The van der Waals surface area contributed by atoms with E-state index in [4.69, 9.17) is 5.73 Å². The number of pyridine rings is 1. The zero-order valence-electron chi connectivity index (χ0n) is 11.1.